The van der Waals surface area contributed by atoms with Crippen LogP contribution in [0.2, 0.25) is 5.02 Å². The Morgan fingerprint density at radius 1 is 1.20 bits per heavy atom. The minimum atomic E-state index is -0.600. The van der Waals surface area contributed by atoms with E-state index in [9.17, 15) is 9.18 Å². The Hall–Kier alpha value is -2.31. The van der Waals surface area contributed by atoms with Crippen LogP contribution in [0.4, 0.5) is 10.1 Å². The Morgan fingerprint density at radius 2 is 1.96 bits per heavy atom. The highest BCUT2D eigenvalue weighted by molar-refractivity contribution is 6.31. The largest absolute Gasteiger partial charge is 0.454 e. The third-order valence-electron chi connectivity index (χ3n) is 3.95. The Labute approximate surface area is 150 Å². The Morgan fingerprint density at radius 3 is 2.72 bits per heavy atom. The summed E-state index contributed by atoms with van der Waals surface area (Å²) in [7, 11) is 0. The standard InChI is InChI=1S/C18H18ClFN2O3/c1-18(2,13-5-3-11(20)7-14(13)19)21-9-17(23)22-12-4-6-15-16(8-12)25-10-24-15/h3-8,21H,9-10H2,1-2H3,(H,22,23). The molecule has 2 aromatic carbocycles. The summed E-state index contributed by atoms with van der Waals surface area (Å²) in [6, 6.07) is 9.41. The summed E-state index contributed by atoms with van der Waals surface area (Å²) in [6.07, 6.45) is 0. The van der Waals surface area contributed by atoms with Crippen molar-refractivity contribution in [2.45, 2.75) is 19.4 Å². The normalized spacial score (nSPS) is 13.0. The predicted molar refractivity (Wildman–Crippen MR) is 93.6 cm³/mol. The molecular weight excluding hydrogens is 347 g/mol. The van der Waals surface area contributed by atoms with E-state index in [1.165, 1.54) is 12.1 Å². The Kier molecular flexibility index (Phi) is 4.83. The number of rotatable bonds is 5. The highest BCUT2D eigenvalue weighted by Gasteiger charge is 2.24. The number of fused-ring (bicyclic) bond motifs is 1. The van der Waals surface area contributed by atoms with E-state index < -0.39 is 11.4 Å². The lowest BCUT2D eigenvalue weighted by atomic mass is 9.94. The predicted octanol–water partition coefficient (Wildman–Crippen LogP) is 3.67. The van der Waals surface area contributed by atoms with Gasteiger partial charge in [0.25, 0.3) is 0 Å². The summed E-state index contributed by atoms with van der Waals surface area (Å²) < 4.78 is 23.7. The van der Waals surface area contributed by atoms with Crippen molar-refractivity contribution in [2.24, 2.45) is 0 Å². The fraction of sp³-hybridized carbons (Fsp3) is 0.278. The van der Waals surface area contributed by atoms with E-state index in [4.69, 9.17) is 21.1 Å². The lowest BCUT2D eigenvalue weighted by Crippen LogP contribution is -2.41. The van der Waals surface area contributed by atoms with E-state index in [1.54, 1.807) is 24.3 Å². The van der Waals surface area contributed by atoms with Crippen molar-refractivity contribution in [2.75, 3.05) is 18.7 Å². The molecule has 1 amide bonds. The number of halogens is 2. The van der Waals surface area contributed by atoms with Gasteiger partial charge in [0.05, 0.1) is 6.54 Å². The van der Waals surface area contributed by atoms with Gasteiger partial charge in [0, 0.05) is 22.3 Å². The third-order valence-corrected chi connectivity index (χ3v) is 4.26. The van der Waals surface area contributed by atoms with Gasteiger partial charge < -0.3 is 14.8 Å². The maximum absolute atomic E-state index is 13.2. The highest BCUT2D eigenvalue weighted by Crippen LogP contribution is 2.34. The molecule has 0 fully saturated rings. The first kappa shape index (κ1) is 17.5. The number of carbonyl (C=O) groups excluding carboxylic acids is 1. The second kappa shape index (κ2) is 6.90. The summed E-state index contributed by atoms with van der Waals surface area (Å²) in [5, 5.41) is 6.24. The van der Waals surface area contributed by atoms with Crippen molar-refractivity contribution in [1.82, 2.24) is 5.32 Å². The molecule has 2 aromatic rings. The molecule has 0 atom stereocenters. The summed E-state index contributed by atoms with van der Waals surface area (Å²) in [4.78, 5) is 12.2. The molecule has 0 saturated carbocycles. The molecule has 0 unspecified atom stereocenters. The molecule has 0 saturated heterocycles. The summed E-state index contributed by atoms with van der Waals surface area (Å²) >= 11 is 6.11. The van der Waals surface area contributed by atoms with Crippen LogP contribution in [0.5, 0.6) is 11.5 Å². The van der Waals surface area contributed by atoms with Crippen LogP contribution in [0.3, 0.4) is 0 Å². The SMILES string of the molecule is CC(C)(NCC(=O)Nc1ccc2c(c1)OCO2)c1ccc(F)cc1Cl. The molecule has 5 nitrogen and oxygen atoms in total. The zero-order chi connectivity index (χ0) is 18.0. The first-order chi connectivity index (χ1) is 11.8. The number of hydrogen-bond acceptors (Lipinski definition) is 4. The van der Waals surface area contributed by atoms with E-state index in [0.29, 0.717) is 27.8 Å². The zero-order valence-electron chi connectivity index (χ0n) is 13.9. The van der Waals surface area contributed by atoms with E-state index in [2.05, 4.69) is 10.6 Å². The van der Waals surface area contributed by atoms with Crippen molar-refractivity contribution < 1.29 is 18.7 Å². The number of hydrogen-bond donors (Lipinski definition) is 2. The van der Waals surface area contributed by atoms with Crippen molar-refractivity contribution in [3.63, 3.8) is 0 Å². The van der Waals surface area contributed by atoms with E-state index in [-0.39, 0.29) is 19.2 Å². The maximum Gasteiger partial charge on any atom is 0.238 e. The molecule has 1 heterocycles. The van der Waals surface area contributed by atoms with Crippen molar-refractivity contribution in [3.8, 4) is 11.5 Å². The highest BCUT2D eigenvalue weighted by atomic mass is 35.5. The molecule has 25 heavy (non-hydrogen) atoms. The fourth-order valence-electron chi connectivity index (χ4n) is 2.57. The van der Waals surface area contributed by atoms with Gasteiger partial charge in [-0.3, -0.25) is 10.1 Å². The van der Waals surface area contributed by atoms with Gasteiger partial charge in [-0.25, -0.2) is 4.39 Å². The lowest BCUT2D eigenvalue weighted by molar-refractivity contribution is -0.115. The van der Waals surface area contributed by atoms with Gasteiger partial charge in [-0.1, -0.05) is 17.7 Å². The van der Waals surface area contributed by atoms with Gasteiger partial charge in [0.2, 0.25) is 12.7 Å². The maximum atomic E-state index is 13.2. The van der Waals surface area contributed by atoms with Gasteiger partial charge in [-0.15, -0.1) is 0 Å². The smallest absolute Gasteiger partial charge is 0.238 e. The molecule has 0 aromatic heterocycles. The molecular formula is C18H18ClFN2O3. The molecule has 132 valence electrons. The minimum absolute atomic E-state index is 0.0646. The topological polar surface area (TPSA) is 59.6 Å². The van der Waals surface area contributed by atoms with Crippen LogP contribution in [0, 0.1) is 5.82 Å². The number of ether oxygens (including phenoxy) is 2. The first-order valence-corrected chi connectivity index (χ1v) is 8.13. The lowest BCUT2D eigenvalue weighted by Gasteiger charge is -2.27. The number of anilines is 1. The van der Waals surface area contributed by atoms with Gasteiger partial charge in [-0.05, 0) is 43.7 Å². The fourth-order valence-corrected chi connectivity index (χ4v) is 2.98. The molecule has 1 aliphatic heterocycles. The van der Waals surface area contributed by atoms with Crippen LogP contribution < -0.4 is 20.1 Å². The van der Waals surface area contributed by atoms with Crippen LogP contribution in [-0.2, 0) is 10.3 Å². The van der Waals surface area contributed by atoms with Crippen molar-refractivity contribution in [3.05, 3.63) is 52.8 Å². The van der Waals surface area contributed by atoms with E-state index >= 15 is 0 Å². The molecule has 0 bridgehead atoms. The Bertz CT molecular complexity index is 811. The quantitative estimate of drug-likeness (QED) is 0.849. The minimum Gasteiger partial charge on any atom is -0.454 e. The number of nitrogens with one attached hydrogen (secondary N) is 2. The average molecular weight is 365 g/mol. The van der Waals surface area contributed by atoms with Crippen LogP contribution >= 0.6 is 11.6 Å². The van der Waals surface area contributed by atoms with Crippen LogP contribution in [0.25, 0.3) is 0 Å². The monoisotopic (exact) mass is 364 g/mol. The van der Waals surface area contributed by atoms with Crippen LogP contribution in [0.15, 0.2) is 36.4 Å². The summed E-state index contributed by atoms with van der Waals surface area (Å²) in [5.74, 6) is 0.641. The van der Waals surface area contributed by atoms with Crippen molar-refractivity contribution >= 4 is 23.2 Å². The molecule has 3 rings (SSSR count). The second-order valence-electron chi connectivity index (χ2n) is 6.22. The van der Waals surface area contributed by atoms with Crippen molar-refractivity contribution in [1.29, 1.82) is 0 Å². The molecule has 0 spiro atoms. The van der Waals surface area contributed by atoms with E-state index in [0.717, 1.165) is 0 Å². The van der Waals surface area contributed by atoms with Crippen LogP contribution in [0.1, 0.15) is 19.4 Å². The third kappa shape index (κ3) is 4.03. The molecule has 2 N–H and O–H groups in total. The van der Waals surface area contributed by atoms with E-state index in [1.807, 2.05) is 13.8 Å². The van der Waals surface area contributed by atoms with Gasteiger partial charge >= 0.3 is 0 Å². The van der Waals surface area contributed by atoms with Gasteiger partial charge in [0.1, 0.15) is 5.82 Å². The number of amides is 1. The molecule has 0 aliphatic carbocycles. The molecule has 7 heteroatoms. The zero-order valence-corrected chi connectivity index (χ0v) is 14.6. The first-order valence-electron chi connectivity index (χ1n) is 7.75. The summed E-state index contributed by atoms with van der Waals surface area (Å²) in [5.41, 5.74) is 0.733. The molecule has 0 radical (unpaired) electrons. The number of carbonyl (C=O) groups is 1. The van der Waals surface area contributed by atoms with Crippen LogP contribution in [-0.4, -0.2) is 19.2 Å². The van der Waals surface area contributed by atoms with Gasteiger partial charge in [-0.2, -0.15) is 0 Å². The van der Waals surface area contributed by atoms with Gasteiger partial charge in [0.15, 0.2) is 11.5 Å². The summed E-state index contributed by atoms with van der Waals surface area (Å²) in [6.45, 7) is 4.00. The second-order valence-corrected chi connectivity index (χ2v) is 6.63. The number of benzene rings is 2. The average Bonchev–Trinajstić information content (AvgIpc) is 3.00. The molecule has 1 aliphatic rings. The Balaban J connectivity index is 1.61.